The molecule has 0 saturated carbocycles. The first kappa shape index (κ1) is 10.2. The van der Waals surface area contributed by atoms with Crippen LogP contribution in [0.5, 0.6) is 0 Å². The van der Waals surface area contributed by atoms with Crippen molar-refractivity contribution in [2.24, 2.45) is 11.5 Å². The van der Waals surface area contributed by atoms with Crippen molar-refractivity contribution in [3.8, 4) is 0 Å². The molecule has 0 unspecified atom stereocenters. The minimum absolute atomic E-state index is 0.142. The van der Waals surface area contributed by atoms with E-state index in [4.69, 9.17) is 11.5 Å². The Bertz CT molecular complexity index is 326. The van der Waals surface area contributed by atoms with Gasteiger partial charge in [0.05, 0.1) is 12.8 Å². The molecule has 0 saturated heterocycles. The Morgan fingerprint density at radius 2 is 1.29 bits per heavy atom. The van der Waals surface area contributed by atoms with E-state index in [1.54, 1.807) is 24.3 Å². The first-order valence-electron chi connectivity index (χ1n) is 4.23. The van der Waals surface area contributed by atoms with Gasteiger partial charge in [0.1, 0.15) is 0 Å². The van der Waals surface area contributed by atoms with Gasteiger partial charge in [0, 0.05) is 0 Å². The summed E-state index contributed by atoms with van der Waals surface area (Å²) in [6, 6.07) is 7.12. The van der Waals surface area contributed by atoms with Crippen LogP contribution in [0, 0.1) is 0 Å². The van der Waals surface area contributed by atoms with E-state index in [9.17, 15) is 9.59 Å². The molecule has 0 heterocycles. The van der Waals surface area contributed by atoms with Gasteiger partial charge in [0.25, 0.3) is 0 Å². The number of hydrogen-bond acceptors (Lipinski definition) is 2. The fourth-order valence-corrected chi connectivity index (χ4v) is 1.28. The van der Waals surface area contributed by atoms with E-state index in [0.717, 1.165) is 11.1 Å². The van der Waals surface area contributed by atoms with Crippen molar-refractivity contribution in [3.63, 3.8) is 0 Å². The lowest BCUT2D eigenvalue weighted by molar-refractivity contribution is -0.118. The number of rotatable bonds is 4. The predicted octanol–water partition coefficient (Wildman–Crippen LogP) is -0.258. The van der Waals surface area contributed by atoms with Crippen molar-refractivity contribution in [2.45, 2.75) is 12.8 Å². The summed E-state index contributed by atoms with van der Waals surface area (Å²) in [5.41, 5.74) is 11.7. The predicted molar refractivity (Wildman–Crippen MR) is 52.2 cm³/mol. The minimum Gasteiger partial charge on any atom is -0.369 e. The summed E-state index contributed by atoms with van der Waals surface area (Å²) in [5, 5.41) is 0. The summed E-state index contributed by atoms with van der Waals surface area (Å²) in [5.74, 6) is -0.830. The molecule has 74 valence electrons. The van der Waals surface area contributed by atoms with Gasteiger partial charge in [-0.25, -0.2) is 0 Å². The SMILES string of the molecule is NC(=O)Cc1ccccc1CC(N)=O. The lowest BCUT2D eigenvalue weighted by Crippen LogP contribution is -2.18. The van der Waals surface area contributed by atoms with Crippen LogP contribution in [0.1, 0.15) is 11.1 Å². The van der Waals surface area contributed by atoms with E-state index in [0.29, 0.717) is 0 Å². The summed E-state index contributed by atoms with van der Waals surface area (Å²) >= 11 is 0. The summed E-state index contributed by atoms with van der Waals surface area (Å²) in [6.07, 6.45) is 0.285. The molecule has 4 nitrogen and oxygen atoms in total. The van der Waals surface area contributed by atoms with Gasteiger partial charge >= 0.3 is 0 Å². The third-order valence-corrected chi connectivity index (χ3v) is 1.85. The van der Waals surface area contributed by atoms with E-state index in [-0.39, 0.29) is 12.8 Å². The van der Waals surface area contributed by atoms with Gasteiger partial charge in [-0.05, 0) is 11.1 Å². The summed E-state index contributed by atoms with van der Waals surface area (Å²) in [4.78, 5) is 21.4. The molecule has 0 bridgehead atoms. The van der Waals surface area contributed by atoms with Crippen molar-refractivity contribution in [3.05, 3.63) is 35.4 Å². The van der Waals surface area contributed by atoms with Crippen molar-refractivity contribution in [2.75, 3.05) is 0 Å². The second-order valence-corrected chi connectivity index (χ2v) is 3.05. The second kappa shape index (κ2) is 4.41. The third kappa shape index (κ3) is 2.90. The molecule has 1 rings (SSSR count). The Morgan fingerprint density at radius 3 is 1.57 bits per heavy atom. The Labute approximate surface area is 81.9 Å². The summed E-state index contributed by atoms with van der Waals surface area (Å²) in [7, 11) is 0. The van der Waals surface area contributed by atoms with Crippen LogP contribution in [0.3, 0.4) is 0 Å². The summed E-state index contributed by atoms with van der Waals surface area (Å²) < 4.78 is 0. The Hall–Kier alpha value is -1.84. The molecule has 0 atom stereocenters. The number of primary amides is 2. The second-order valence-electron chi connectivity index (χ2n) is 3.05. The maximum atomic E-state index is 10.7. The van der Waals surface area contributed by atoms with E-state index < -0.39 is 11.8 Å². The fourth-order valence-electron chi connectivity index (χ4n) is 1.28. The molecule has 0 fully saturated rings. The normalized spacial score (nSPS) is 9.71. The fraction of sp³-hybridized carbons (Fsp3) is 0.200. The van der Waals surface area contributed by atoms with E-state index in [1.165, 1.54) is 0 Å². The van der Waals surface area contributed by atoms with Gasteiger partial charge in [0.15, 0.2) is 0 Å². The Morgan fingerprint density at radius 1 is 0.929 bits per heavy atom. The number of nitrogens with two attached hydrogens (primary N) is 2. The zero-order valence-corrected chi connectivity index (χ0v) is 7.69. The van der Waals surface area contributed by atoms with Crippen LogP contribution in [-0.2, 0) is 22.4 Å². The molecule has 0 radical (unpaired) electrons. The van der Waals surface area contributed by atoms with Gasteiger partial charge in [-0.15, -0.1) is 0 Å². The molecule has 0 aliphatic heterocycles. The molecular weight excluding hydrogens is 180 g/mol. The van der Waals surface area contributed by atoms with Crippen molar-refractivity contribution < 1.29 is 9.59 Å². The number of hydrogen-bond donors (Lipinski definition) is 2. The highest BCUT2D eigenvalue weighted by molar-refractivity contribution is 5.80. The molecular formula is C10H12N2O2. The van der Waals surface area contributed by atoms with E-state index >= 15 is 0 Å². The highest BCUT2D eigenvalue weighted by Gasteiger charge is 2.06. The first-order valence-corrected chi connectivity index (χ1v) is 4.23. The van der Waals surface area contributed by atoms with E-state index in [1.807, 2.05) is 0 Å². The monoisotopic (exact) mass is 192 g/mol. The topological polar surface area (TPSA) is 86.2 Å². The molecule has 0 aliphatic rings. The molecule has 0 aromatic heterocycles. The maximum Gasteiger partial charge on any atom is 0.221 e. The Kier molecular flexibility index (Phi) is 3.23. The zero-order chi connectivity index (χ0) is 10.6. The van der Waals surface area contributed by atoms with Crippen LogP contribution in [0.15, 0.2) is 24.3 Å². The zero-order valence-electron chi connectivity index (χ0n) is 7.69. The molecule has 2 amide bonds. The average molecular weight is 192 g/mol. The maximum absolute atomic E-state index is 10.7. The van der Waals surface area contributed by atoms with Crippen LogP contribution < -0.4 is 11.5 Å². The third-order valence-electron chi connectivity index (χ3n) is 1.85. The van der Waals surface area contributed by atoms with Gasteiger partial charge in [-0.2, -0.15) is 0 Å². The van der Waals surface area contributed by atoms with Gasteiger partial charge in [-0.3, -0.25) is 9.59 Å². The van der Waals surface area contributed by atoms with Crippen LogP contribution in [-0.4, -0.2) is 11.8 Å². The minimum atomic E-state index is -0.415. The van der Waals surface area contributed by atoms with Gasteiger partial charge in [-0.1, -0.05) is 24.3 Å². The largest absolute Gasteiger partial charge is 0.369 e. The van der Waals surface area contributed by atoms with Gasteiger partial charge in [0.2, 0.25) is 11.8 Å². The highest BCUT2D eigenvalue weighted by atomic mass is 16.1. The van der Waals surface area contributed by atoms with Crippen LogP contribution in [0.4, 0.5) is 0 Å². The van der Waals surface area contributed by atoms with E-state index in [2.05, 4.69) is 0 Å². The highest BCUT2D eigenvalue weighted by Crippen LogP contribution is 2.09. The first-order chi connectivity index (χ1) is 6.59. The molecule has 1 aromatic rings. The molecule has 4 heteroatoms. The van der Waals surface area contributed by atoms with Crippen molar-refractivity contribution in [1.82, 2.24) is 0 Å². The average Bonchev–Trinajstić information content (AvgIpc) is 2.06. The Balaban J connectivity index is 2.90. The molecule has 14 heavy (non-hydrogen) atoms. The lowest BCUT2D eigenvalue weighted by atomic mass is 10.0. The molecule has 1 aromatic carbocycles. The van der Waals surface area contributed by atoms with Crippen LogP contribution in [0.25, 0.3) is 0 Å². The number of carbonyl (C=O) groups is 2. The number of carbonyl (C=O) groups excluding carboxylic acids is 2. The molecule has 0 spiro atoms. The number of amides is 2. The number of benzene rings is 1. The van der Waals surface area contributed by atoms with Gasteiger partial charge < -0.3 is 11.5 Å². The standard InChI is InChI=1S/C10H12N2O2/c11-9(13)5-7-3-1-2-4-8(7)6-10(12)14/h1-4H,5-6H2,(H2,11,13)(H2,12,14). The lowest BCUT2D eigenvalue weighted by Gasteiger charge is -2.05. The smallest absolute Gasteiger partial charge is 0.221 e. The molecule has 4 N–H and O–H groups in total. The van der Waals surface area contributed by atoms with Crippen molar-refractivity contribution in [1.29, 1.82) is 0 Å². The van der Waals surface area contributed by atoms with Crippen LogP contribution >= 0.6 is 0 Å². The quantitative estimate of drug-likeness (QED) is 0.688. The summed E-state index contributed by atoms with van der Waals surface area (Å²) in [6.45, 7) is 0. The van der Waals surface area contributed by atoms with Crippen molar-refractivity contribution >= 4 is 11.8 Å². The van der Waals surface area contributed by atoms with Crippen LogP contribution in [0.2, 0.25) is 0 Å². The molecule has 0 aliphatic carbocycles.